The van der Waals surface area contributed by atoms with Crippen molar-refractivity contribution in [2.45, 2.75) is 77.6 Å². The minimum atomic E-state index is 0.516. The van der Waals surface area contributed by atoms with Crippen LogP contribution in [0.1, 0.15) is 88.8 Å². The predicted molar refractivity (Wildman–Crippen MR) is 84.6 cm³/mol. The SMILES string of the molecule is CCCCCCC(CCCCC)c1cccnc1C#N. The number of rotatable bonds is 10. The molecule has 1 atom stereocenters. The lowest BCUT2D eigenvalue weighted by Gasteiger charge is -2.18. The molecule has 110 valence electrons. The van der Waals surface area contributed by atoms with E-state index in [0.29, 0.717) is 11.6 Å². The van der Waals surface area contributed by atoms with E-state index < -0.39 is 0 Å². The summed E-state index contributed by atoms with van der Waals surface area (Å²) >= 11 is 0. The summed E-state index contributed by atoms with van der Waals surface area (Å²) in [6, 6.07) is 6.32. The normalized spacial score (nSPS) is 12.1. The van der Waals surface area contributed by atoms with Gasteiger partial charge in [-0.15, -0.1) is 0 Å². The first-order valence-corrected chi connectivity index (χ1v) is 8.18. The Morgan fingerprint density at radius 1 is 1.05 bits per heavy atom. The van der Waals surface area contributed by atoms with Gasteiger partial charge in [0, 0.05) is 6.20 Å². The minimum Gasteiger partial charge on any atom is -0.245 e. The fraction of sp³-hybridized carbons (Fsp3) is 0.667. The van der Waals surface area contributed by atoms with Gasteiger partial charge in [-0.1, -0.05) is 64.9 Å². The average Bonchev–Trinajstić information content (AvgIpc) is 2.50. The number of hydrogen-bond acceptors (Lipinski definition) is 2. The van der Waals surface area contributed by atoms with Gasteiger partial charge in [-0.25, -0.2) is 4.98 Å². The highest BCUT2D eigenvalue weighted by Crippen LogP contribution is 2.29. The van der Waals surface area contributed by atoms with Crippen molar-refractivity contribution in [1.29, 1.82) is 5.26 Å². The second kappa shape index (κ2) is 10.4. The fourth-order valence-electron chi connectivity index (χ4n) is 2.75. The summed E-state index contributed by atoms with van der Waals surface area (Å²) in [5, 5.41) is 9.24. The largest absolute Gasteiger partial charge is 0.245 e. The fourth-order valence-corrected chi connectivity index (χ4v) is 2.75. The molecule has 0 amide bonds. The van der Waals surface area contributed by atoms with Crippen molar-refractivity contribution in [3.63, 3.8) is 0 Å². The molecule has 0 aliphatic rings. The molecule has 0 aliphatic heterocycles. The van der Waals surface area contributed by atoms with Crippen LogP contribution < -0.4 is 0 Å². The first-order valence-electron chi connectivity index (χ1n) is 8.18. The van der Waals surface area contributed by atoms with Gasteiger partial charge in [-0.3, -0.25) is 0 Å². The van der Waals surface area contributed by atoms with Crippen molar-refractivity contribution in [3.8, 4) is 6.07 Å². The molecule has 0 radical (unpaired) electrons. The molecule has 0 saturated heterocycles. The van der Waals surface area contributed by atoms with Crippen LogP contribution in [0.25, 0.3) is 0 Å². The van der Waals surface area contributed by atoms with Gasteiger partial charge in [0.2, 0.25) is 0 Å². The molecular weight excluding hydrogens is 244 g/mol. The van der Waals surface area contributed by atoms with E-state index in [2.05, 4.69) is 31.0 Å². The van der Waals surface area contributed by atoms with Gasteiger partial charge in [-0.2, -0.15) is 5.26 Å². The molecule has 20 heavy (non-hydrogen) atoms. The standard InChI is InChI=1S/C18H28N2/c1-3-5-7-9-12-16(11-8-6-4-2)17-13-10-14-20-18(17)15-19/h10,13-14,16H,3-9,11-12H2,1-2H3. The van der Waals surface area contributed by atoms with Crippen LogP contribution in [0.4, 0.5) is 0 Å². The van der Waals surface area contributed by atoms with Gasteiger partial charge in [0.25, 0.3) is 0 Å². The van der Waals surface area contributed by atoms with Gasteiger partial charge in [-0.05, 0) is 30.4 Å². The highest BCUT2D eigenvalue weighted by molar-refractivity contribution is 5.33. The number of pyridine rings is 1. The van der Waals surface area contributed by atoms with Gasteiger partial charge in [0.15, 0.2) is 0 Å². The van der Waals surface area contributed by atoms with Gasteiger partial charge >= 0.3 is 0 Å². The van der Waals surface area contributed by atoms with Crippen LogP contribution in [0.15, 0.2) is 18.3 Å². The molecule has 0 saturated carbocycles. The summed E-state index contributed by atoms with van der Waals surface area (Å²) in [7, 11) is 0. The third kappa shape index (κ3) is 5.74. The molecule has 0 N–H and O–H groups in total. The second-order valence-corrected chi connectivity index (χ2v) is 5.60. The lowest BCUT2D eigenvalue weighted by atomic mass is 9.87. The maximum Gasteiger partial charge on any atom is 0.143 e. The van der Waals surface area contributed by atoms with Crippen LogP contribution in [0.3, 0.4) is 0 Å². The molecule has 1 aromatic heterocycles. The maximum atomic E-state index is 9.24. The van der Waals surface area contributed by atoms with Crippen LogP contribution in [0, 0.1) is 11.3 Å². The van der Waals surface area contributed by atoms with Crippen LogP contribution in [-0.4, -0.2) is 4.98 Å². The second-order valence-electron chi connectivity index (χ2n) is 5.60. The Hall–Kier alpha value is -1.36. The zero-order valence-corrected chi connectivity index (χ0v) is 13.1. The summed E-state index contributed by atoms with van der Waals surface area (Å²) in [6.45, 7) is 4.48. The molecule has 1 rings (SSSR count). The summed E-state index contributed by atoms with van der Waals surface area (Å²) in [5.74, 6) is 0.516. The highest BCUT2D eigenvalue weighted by atomic mass is 14.7. The van der Waals surface area contributed by atoms with Crippen molar-refractivity contribution in [1.82, 2.24) is 4.98 Å². The molecule has 0 aromatic carbocycles. The minimum absolute atomic E-state index is 0.516. The maximum absolute atomic E-state index is 9.24. The Kier molecular flexibility index (Phi) is 8.71. The van der Waals surface area contributed by atoms with Crippen molar-refractivity contribution in [2.24, 2.45) is 0 Å². The number of nitriles is 1. The van der Waals surface area contributed by atoms with Crippen molar-refractivity contribution in [2.75, 3.05) is 0 Å². The van der Waals surface area contributed by atoms with E-state index in [1.807, 2.05) is 6.07 Å². The Labute approximate surface area is 124 Å². The van der Waals surface area contributed by atoms with E-state index >= 15 is 0 Å². The van der Waals surface area contributed by atoms with E-state index in [1.165, 1.54) is 63.4 Å². The Balaban J connectivity index is 2.67. The molecule has 2 heteroatoms. The number of nitrogens with zero attached hydrogens (tertiary/aromatic N) is 2. The highest BCUT2D eigenvalue weighted by Gasteiger charge is 2.15. The van der Waals surface area contributed by atoms with E-state index in [9.17, 15) is 5.26 Å². The average molecular weight is 272 g/mol. The van der Waals surface area contributed by atoms with Crippen LogP contribution in [-0.2, 0) is 0 Å². The first-order chi connectivity index (χ1) is 9.83. The zero-order valence-electron chi connectivity index (χ0n) is 13.1. The van der Waals surface area contributed by atoms with E-state index in [-0.39, 0.29) is 0 Å². The zero-order chi connectivity index (χ0) is 14.6. The molecule has 0 spiro atoms. The van der Waals surface area contributed by atoms with Gasteiger partial charge < -0.3 is 0 Å². The van der Waals surface area contributed by atoms with Crippen LogP contribution in [0.5, 0.6) is 0 Å². The lowest BCUT2D eigenvalue weighted by molar-refractivity contribution is 0.499. The van der Waals surface area contributed by atoms with E-state index in [1.54, 1.807) is 6.20 Å². The number of unbranched alkanes of at least 4 members (excludes halogenated alkanes) is 5. The topological polar surface area (TPSA) is 36.7 Å². The van der Waals surface area contributed by atoms with Crippen LogP contribution in [0.2, 0.25) is 0 Å². The summed E-state index contributed by atoms with van der Waals surface area (Å²) in [6.07, 6.45) is 13.1. The quantitative estimate of drug-likeness (QED) is 0.521. The smallest absolute Gasteiger partial charge is 0.143 e. The Morgan fingerprint density at radius 2 is 1.70 bits per heavy atom. The summed E-state index contributed by atoms with van der Waals surface area (Å²) in [5.41, 5.74) is 1.80. The molecule has 0 fully saturated rings. The molecule has 0 aliphatic carbocycles. The summed E-state index contributed by atoms with van der Waals surface area (Å²) in [4.78, 5) is 4.23. The van der Waals surface area contributed by atoms with Gasteiger partial charge in [0.1, 0.15) is 11.8 Å². The molecule has 1 unspecified atom stereocenters. The van der Waals surface area contributed by atoms with E-state index in [4.69, 9.17) is 0 Å². The lowest BCUT2D eigenvalue weighted by Crippen LogP contribution is -2.03. The molecule has 0 bridgehead atoms. The first kappa shape index (κ1) is 16.7. The van der Waals surface area contributed by atoms with Crippen LogP contribution >= 0.6 is 0 Å². The molecule has 1 aromatic rings. The predicted octanol–water partition coefficient (Wildman–Crippen LogP) is 5.59. The Bertz CT molecular complexity index is 406. The Morgan fingerprint density at radius 3 is 2.35 bits per heavy atom. The van der Waals surface area contributed by atoms with Crippen molar-refractivity contribution >= 4 is 0 Å². The summed E-state index contributed by atoms with van der Waals surface area (Å²) < 4.78 is 0. The third-order valence-corrected chi connectivity index (χ3v) is 3.95. The molecule has 1 heterocycles. The number of aromatic nitrogens is 1. The third-order valence-electron chi connectivity index (χ3n) is 3.95. The number of hydrogen-bond donors (Lipinski definition) is 0. The molecular formula is C18H28N2. The van der Waals surface area contributed by atoms with Crippen molar-refractivity contribution in [3.05, 3.63) is 29.6 Å². The monoisotopic (exact) mass is 272 g/mol. The van der Waals surface area contributed by atoms with Crippen molar-refractivity contribution < 1.29 is 0 Å². The van der Waals surface area contributed by atoms with Gasteiger partial charge in [0.05, 0.1) is 0 Å². The molecule has 2 nitrogen and oxygen atoms in total. The van der Waals surface area contributed by atoms with E-state index in [0.717, 1.165) is 0 Å².